The predicted octanol–water partition coefficient (Wildman–Crippen LogP) is 6.55. The van der Waals surface area contributed by atoms with Crippen LogP contribution in [0.1, 0.15) is 43.7 Å². The van der Waals surface area contributed by atoms with E-state index in [0.29, 0.717) is 16.7 Å². The van der Waals surface area contributed by atoms with Crippen molar-refractivity contribution >= 4 is 33.9 Å². The van der Waals surface area contributed by atoms with Crippen molar-refractivity contribution in [1.82, 2.24) is 4.98 Å². The third-order valence-corrected chi connectivity index (χ3v) is 4.98. The number of benzene rings is 2. The van der Waals surface area contributed by atoms with Crippen LogP contribution in [0.25, 0.3) is 10.9 Å². The van der Waals surface area contributed by atoms with Crippen molar-refractivity contribution in [3.63, 3.8) is 0 Å². The zero-order valence-electron chi connectivity index (χ0n) is 14.8. The number of hydrogen-bond acceptors (Lipinski definition) is 3. The SMILES string of the molecule is CCC(CC)c1cc(O)ccc1Nc1c(C)cnc2cc(Cl)ccc12. The summed E-state index contributed by atoms with van der Waals surface area (Å²) in [5.41, 5.74) is 5.13. The molecule has 0 spiro atoms. The molecule has 3 nitrogen and oxygen atoms in total. The molecule has 0 fully saturated rings. The van der Waals surface area contributed by atoms with Crippen molar-refractivity contribution < 1.29 is 5.11 Å². The number of aromatic nitrogens is 1. The van der Waals surface area contributed by atoms with Gasteiger partial charge >= 0.3 is 0 Å². The summed E-state index contributed by atoms with van der Waals surface area (Å²) in [6.07, 6.45) is 3.92. The largest absolute Gasteiger partial charge is 0.508 e. The summed E-state index contributed by atoms with van der Waals surface area (Å²) in [7, 11) is 0. The van der Waals surface area contributed by atoms with E-state index in [-0.39, 0.29) is 0 Å². The number of fused-ring (bicyclic) bond motifs is 1. The minimum absolute atomic E-state index is 0.301. The molecule has 0 amide bonds. The fourth-order valence-corrected chi connectivity index (χ4v) is 3.46. The molecule has 0 radical (unpaired) electrons. The lowest BCUT2D eigenvalue weighted by atomic mass is 9.92. The minimum atomic E-state index is 0.301. The van der Waals surface area contributed by atoms with Crippen LogP contribution in [0.4, 0.5) is 11.4 Å². The molecule has 0 aliphatic rings. The number of aryl methyl sites for hydroxylation is 1. The van der Waals surface area contributed by atoms with Crippen molar-refractivity contribution in [1.29, 1.82) is 0 Å². The van der Waals surface area contributed by atoms with Gasteiger partial charge in [0.25, 0.3) is 0 Å². The second-order valence-corrected chi connectivity index (χ2v) is 6.82. The van der Waals surface area contributed by atoms with Crippen molar-refractivity contribution in [3.8, 4) is 5.75 Å². The van der Waals surface area contributed by atoms with Gasteiger partial charge in [0.05, 0.1) is 11.2 Å². The molecule has 0 atom stereocenters. The smallest absolute Gasteiger partial charge is 0.116 e. The number of halogens is 1. The highest BCUT2D eigenvalue weighted by Crippen LogP contribution is 2.36. The van der Waals surface area contributed by atoms with E-state index in [1.165, 1.54) is 0 Å². The highest BCUT2D eigenvalue weighted by molar-refractivity contribution is 6.31. The summed E-state index contributed by atoms with van der Waals surface area (Å²) in [4.78, 5) is 4.48. The van der Waals surface area contributed by atoms with Crippen molar-refractivity contribution in [2.24, 2.45) is 0 Å². The Bertz CT molecular complexity index is 904. The van der Waals surface area contributed by atoms with E-state index in [4.69, 9.17) is 11.6 Å². The van der Waals surface area contributed by atoms with Crippen LogP contribution in [-0.4, -0.2) is 10.1 Å². The van der Waals surface area contributed by atoms with Crippen LogP contribution in [0.5, 0.6) is 5.75 Å². The number of hydrogen-bond donors (Lipinski definition) is 2. The van der Waals surface area contributed by atoms with Crippen LogP contribution in [0, 0.1) is 6.92 Å². The molecule has 0 aliphatic carbocycles. The molecule has 0 bridgehead atoms. The van der Waals surface area contributed by atoms with Crippen molar-refractivity contribution in [2.45, 2.75) is 39.5 Å². The lowest BCUT2D eigenvalue weighted by molar-refractivity contribution is 0.473. The Balaban J connectivity index is 2.12. The van der Waals surface area contributed by atoms with Gasteiger partial charge in [-0.1, -0.05) is 25.4 Å². The predicted molar refractivity (Wildman–Crippen MR) is 106 cm³/mol. The molecule has 130 valence electrons. The van der Waals surface area contributed by atoms with Crippen LogP contribution in [-0.2, 0) is 0 Å². The highest BCUT2D eigenvalue weighted by atomic mass is 35.5. The number of pyridine rings is 1. The maximum absolute atomic E-state index is 9.95. The Morgan fingerprint density at radius 2 is 1.88 bits per heavy atom. The number of nitrogens with zero attached hydrogens (tertiary/aromatic N) is 1. The minimum Gasteiger partial charge on any atom is -0.508 e. The second kappa shape index (κ2) is 7.32. The van der Waals surface area contributed by atoms with Crippen LogP contribution in [0.2, 0.25) is 5.02 Å². The molecule has 3 aromatic rings. The van der Waals surface area contributed by atoms with E-state index in [1.807, 2.05) is 43.5 Å². The quantitative estimate of drug-likeness (QED) is 0.510. The summed E-state index contributed by atoms with van der Waals surface area (Å²) in [5.74, 6) is 0.702. The Morgan fingerprint density at radius 1 is 1.12 bits per heavy atom. The third-order valence-electron chi connectivity index (χ3n) is 4.74. The molecule has 3 rings (SSSR count). The lowest BCUT2D eigenvalue weighted by Crippen LogP contribution is -2.03. The van der Waals surface area contributed by atoms with Gasteiger partial charge in [0.1, 0.15) is 5.75 Å². The average Bonchev–Trinajstić information content (AvgIpc) is 2.60. The van der Waals surface area contributed by atoms with Crippen LogP contribution in [0.3, 0.4) is 0 Å². The van der Waals surface area contributed by atoms with Crippen LogP contribution >= 0.6 is 11.6 Å². The van der Waals surface area contributed by atoms with Gasteiger partial charge in [-0.05, 0) is 73.2 Å². The summed E-state index contributed by atoms with van der Waals surface area (Å²) in [6, 6.07) is 11.3. The number of phenolic OH excluding ortho intramolecular Hbond substituents is 1. The van der Waals surface area contributed by atoms with Gasteiger partial charge in [-0.2, -0.15) is 0 Å². The van der Waals surface area contributed by atoms with Crippen LogP contribution in [0.15, 0.2) is 42.6 Å². The van der Waals surface area contributed by atoms with E-state index < -0.39 is 0 Å². The van der Waals surface area contributed by atoms with Gasteiger partial charge in [-0.15, -0.1) is 0 Å². The number of nitrogens with one attached hydrogen (secondary N) is 1. The maximum atomic E-state index is 9.95. The molecule has 2 aromatic carbocycles. The Labute approximate surface area is 153 Å². The Kier molecular flexibility index (Phi) is 5.14. The zero-order valence-corrected chi connectivity index (χ0v) is 15.6. The first kappa shape index (κ1) is 17.6. The summed E-state index contributed by atoms with van der Waals surface area (Å²) in [5, 5.41) is 15.2. The molecule has 1 aromatic heterocycles. The molecule has 0 saturated carbocycles. The summed E-state index contributed by atoms with van der Waals surface area (Å²) >= 11 is 6.10. The molecule has 25 heavy (non-hydrogen) atoms. The third kappa shape index (κ3) is 3.57. The molecule has 0 aliphatic heterocycles. The topological polar surface area (TPSA) is 45.1 Å². The number of aromatic hydroxyl groups is 1. The average molecular weight is 355 g/mol. The fourth-order valence-electron chi connectivity index (χ4n) is 3.30. The van der Waals surface area contributed by atoms with Gasteiger partial charge in [0, 0.05) is 22.3 Å². The van der Waals surface area contributed by atoms with Crippen molar-refractivity contribution in [3.05, 3.63) is 58.7 Å². The second-order valence-electron chi connectivity index (χ2n) is 6.39. The molecule has 2 N–H and O–H groups in total. The van der Waals surface area contributed by atoms with E-state index in [0.717, 1.165) is 46.2 Å². The first-order valence-corrected chi connectivity index (χ1v) is 9.06. The Morgan fingerprint density at radius 3 is 2.60 bits per heavy atom. The molecular formula is C21H23ClN2O. The van der Waals surface area contributed by atoms with Crippen molar-refractivity contribution in [2.75, 3.05) is 5.32 Å². The Hall–Kier alpha value is -2.26. The summed E-state index contributed by atoms with van der Waals surface area (Å²) < 4.78 is 0. The maximum Gasteiger partial charge on any atom is 0.116 e. The van der Waals surface area contributed by atoms with Crippen LogP contribution < -0.4 is 5.32 Å². The number of anilines is 2. The van der Waals surface area contributed by atoms with E-state index >= 15 is 0 Å². The fraction of sp³-hybridized carbons (Fsp3) is 0.286. The molecule has 1 heterocycles. The first-order valence-electron chi connectivity index (χ1n) is 8.68. The number of phenols is 1. The zero-order chi connectivity index (χ0) is 18.0. The van der Waals surface area contributed by atoms with Gasteiger partial charge in [0.15, 0.2) is 0 Å². The monoisotopic (exact) mass is 354 g/mol. The van der Waals surface area contributed by atoms with Gasteiger partial charge < -0.3 is 10.4 Å². The highest BCUT2D eigenvalue weighted by Gasteiger charge is 2.15. The van der Waals surface area contributed by atoms with Gasteiger partial charge in [-0.25, -0.2) is 0 Å². The summed E-state index contributed by atoms with van der Waals surface area (Å²) in [6.45, 7) is 6.40. The normalized spacial score (nSPS) is 11.2. The molecule has 0 unspecified atom stereocenters. The first-order chi connectivity index (χ1) is 12.0. The van der Waals surface area contributed by atoms with E-state index in [9.17, 15) is 5.11 Å². The van der Waals surface area contributed by atoms with E-state index in [2.05, 4.69) is 24.1 Å². The molecule has 4 heteroatoms. The standard InChI is InChI=1S/C21H23ClN2O/c1-4-14(5-2)18-11-16(25)7-9-19(18)24-21-13(3)12-23-20-10-15(22)6-8-17(20)21/h6-12,14,25H,4-5H2,1-3H3,(H,23,24). The lowest BCUT2D eigenvalue weighted by Gasteiger charge is -2.20. The number of rotatable bonds is 5. The van der Waals surface area contributed by atoms with Gasteiger partial charge in [0.2, 0.25) is 0 Å². The molecule has 0 saturated heterocycles. The molecular weight excluding hydrogens is 332 g/mol. The van der Waals surface area contributed by atoms with Gasteiger partial charge in [-0.3, -0.25) is 4.98 Å². The van der Waals surface area contributed by atoms with E-state index in [1.54, 1.807) is 6.07 Å².